The van der Waals surface area contributed by atoms with Crippen molar-refractivity contribution in [3.05, 3.63) is 70.3 Å². The lowest BCUT2D eigenvalue weighted by Crippen LogP contribution is -2.80. The van der Waals surface area contributed by atoms with Crippen LogP contribution >= 0.6 is 0 Å². The van der Waals surface area contributed by atoms with Crippen molar-refractivity contribution in [2.45, 2.75) is 42.2 Å². The molecule has 148 valence electrons. The molecule has 0 bridgehead atoms. The molecule has 4 N–H and O–H groups in total. The molecule has 2 aromatic rings. The van der Waals surface area contributed by atoms with Gasteiger partial charge in [-0.3, -0.25) is 10.1 Å². The Morgan fingerprint density at radius 2 is 1.64 bits per heavy atom. The predicted octanol–water partition coefficient (Wildman–Crippen LogP) is 0.310. The van der Waals surface area contributed by atoms with E-state index in [4.69, 9.17) is 9.47 Å². The van der Waals surface area contributed by atoms with Crippen molar-refractivity contribution in [3.63, 3.8) is 0 Å². The summed E-state index contributed by atoms with van der Waals surface area (Å²) < 4.78 is 11.0. The van der Waals surface area contributed by atoms with Crippen LogP contribution in [0.1, 0.15) is 11.5 Å². The van der Waals surface area contributed by atoms with Gasteiger partial charge in [-0.2, -0.15) is 0 Å². The van der Waals surface area contributed by atoms with Crippen LogP contribution in [0, 0.1) is 10.1 Å². The molecule has 2 aliphatic rings. The lowest BCUT2D eigenvalue weighted by atomic mass is 9.57. The van der Waals surface area contributed by atoms with E-state index < -0.39 is 47.1 Å². The van der Waals surface area contributed by atoms with E-state index >= 15 is 0 Å². The molecular weight excluding hydrogens is 370 g/mol. The molecule has 9 nitrogen and oxygen atoms in total. The van der Waals surface area contributed by atoms with Gasteiger partial charge in [-0.05, 0) is 17.7 Å². The van der Waals surface area contributed by atoms with E-state index in [-0.39, 0.29) is 11.4 Å². The number of nitro benzene ring substituents is 1. The Labute approximate surface area is 159 Å². The molecule has 0 aromatic heterocycles. The fourth-order valence-electron chi connectivity index (χ4n) is 3.97. The van der Waals surface area contributed by atoms with Crippen molar-refractivity contribution in [1.29, 1.82) is 0 Å². The first-order valence-corrected chi connectivity index (χ1v) is 8.72. The van der Waals surface area contributed by atoms with Crippen molar-refractivity contribution in [1.82, 2.24) is 0 Å². The van der Waals surface area contributed by atoms with E-state index in [0.717, 1.165) is 0 Å². The normalized spacial score (nSPS) is 36.9. The second kappa shape index (κ2) is 6.80. The number of aliphatic hydroxyl groups is 4. The molecular formula is C19H19NO8. The molecule has 2 fully saturated rings. The van der Waals surface area contributed by atoms with Crippen LogP contribution in [0.25, 0.3) is 0 Å². The molecule has 0 radical (unpaired) electrons. The number of nitro groups is 1. The standard InChI is InChI=1S/C19H19NO8/c21-14-13(10-4-2-1-3-5-10)19(24)16(23)15(22)18(28-17(14)19)27-12-8-6-11(7-9-12)20(25)26/h1-9,13-18,21-24H/t13?,14?,15?,16?,17?,18?,19-/m0/s1. The maximum atomic E-state index is 11.0. The molecule has 4 rings (SSSR count). The van der Waals surface area contributed by atoms with Crippen molar-refractivity contribution in [2.75, 3.05) is 0 Å². The first kappa shape index (κ1) is 18.8. The van der Waals surface area contributed by atoms with Gasteiger partial charge in [-0.25, -0.2) is 0 Å². The zero-order chi connectivity index (χ0) is 20.1. The van der Waals surface area contributed by atoms with E-state index in [1.54, 1.807) is 30.3 Å². The lowest BCUT2D eigenvalue weighted by Gasteiger charge is -2.61. The SMILES string of the molecule is O=[N+]([O-])c1ccc(OC2OC3C(O)C(c4ccccc4)[C@]3(O)C(O)C2O)cc1. The largest absolute Gasteiger partial charge is 0.462 e. The van der Waals surface area contributed by atoms with Gasteiger partial charge in [0.1, 0.15) is 29.7 Å². The van der Waals surface area contributed by atoms with Crippen molar-refractivity contribution in [2.24, 2.45) is 0 Å². The lowest BCUT2D eigenvalue weighted by molar-refractivity contribution is -0.385. The van der Waals surface area contributed by atoms with Crippen molar-refractivity contribution >= 4 is 5.69 Å². The van der Waals surface area contributed by atoms with Gasteiger partial charge in [0.25, 0.3) is 5.69 Å². The Kier molecular flexibility index (Phi) is 4.56. The minimum atomic E-state index is -1.88. The van der Waals surface area contributed by atoms with Crippen LogP contribution in [0.2, 0.25) is 0 Å². The molecule has 1 aliphatic carbocycles. The number of non-ortho nitro benzene ring substituents is 1. The number of ether oxygens (including phenoxy) is 2. The van der Waals surface area contributed by atoms with Crippen LogP contribution in [-0.4, -0.2) is 61.7 Å². The third-order valence-corrected chi connectivity index (χ3v) is 5.42. The average Bonchev–Trinajstić information content (AvgIpc) is 2.70. The zero-order valence-electron chi connectivity index (χ0n) is 14.5. The Morgan fingerprint density at radius 3 is 2.25 bits per heavy atom. The van der Waals surface area contributed by atoms with Crippen LogP contribution in [0.4, 0.5) is 5.69 Å². The summed E-state index contributed by atoms with van der Waals surface area (Å²) in [5, 5.41) is 53.2. The zero-order valence-corrected chi connectivity index (χ0v) is 14.5. The molecule has 0 spiro atoms. The Morgan fingerprint density at radius 1 is 1.00 bits per heavy atom. The smallest absolute Gasteiger partial charge is 0.269 e. The van der Waals surface area contributed by atoms with Crippen LogP contribution in [-0.2, 0) is 4.74 Å². The first-order chi connectivity index (χ1) is 13.3. The fourth-order valence-corrected chi connectivity index (χ4v) is 3.97. The van der Waals surface area contributed by atoms with E-state index in [9.17, 15) is 30.5 Å². The summed E-state index contributed by atoms with van der Waals surface area (Å²) in [7, 11) is 0. The highest BCUT2D eigenvalue weighted by Gasteiger charge is 2.71. The van der Waals surface area contributed by atoms with Gasteiger partial charge in [0.05, 0.1) is 11.0 Å². The van der Waals surface area contributed by atoms with Gasteiger partial charge in [-0.1, -0.05) is 30.3 Å². The molecule has 1 saturated heterocycles. The first-order valence-electron chi connectivity index (χ1n) is 8.72. The topological polar surface area (TPSA) is 143 Å². The third kappa shape index (κ3) is 2.76. The summed E-state index contributed by atoms with van der Waals surface area (Å²) >= 11 is 0. The fraction of sp³-hybridized carbons (Fsp3) is 0.368. The van der Waals surface area contributed by atoms with Crippen LogP contribution in [0.3, 0.4) is 0 Å². The second-order valence-corrected chi connectivity index (χ2v) is 7.00. The number of hydrogen-bond donors (Lipinski definition) is 4. The Bertz CT molecular complexity index is 856. The molecule has 1 heterocycles. The van der Waals surface area contributed by atoms with E-state index in [1.165, 1.54) is 24.3 Å². The van der Waals surface area contributed by atoms with Crippen LogP contribution in [0.5, 0.6) is 5.75 Å². The van der Waals surface area contributed by atoms with E-state index in [1.807, 2.05) is 0 Å². The van der Waals surface area contributed by atoms with E-state index in [0.29, 0.717) is 5.56 Å². The molecule has 0 amide bonds. The molecule has 2 aromatic carbocycles. The van der Waals surface area contributed by atoms with Gasteiger partial charge >= 0.3 is 0 Å². The maximum absolute atomic E-state index is 11.0. The van der Waals surface area contributed by atoms with Gasteiger partial charge < -0.3 is 29.9 Å². The van der Waals surface area contributed by atoms with E-state index in [2.05, 4.69) is 0 Å². The molecule has 28 heavy (non-hydrogen) atoms. The summed E-state index contributed by atoms with van der Waals surface area (Å²) in [6.45, 7) is 0. The third-order valence-electron chi connectivity index (χ3n) is 5.42. The summed E-state index contributed by atoms with van der Waals surface area (Å²) in [6, 6.07) is 13.8. The summed E-state index contributed by atoms with van der Waals surface area (Å²) in [6.07, 6.45) is -6.89. The maximum Gasteiger partial charge on any atom is 0.269 e. The highest BCUT2D eigenvalue weighted by atomic mass is 16.7. The molecule has 7 atom stereocenters. The van der Waals surface area contributed by atoms with Gasteiger partial charge in [0.2, 0.25) is 6.29 Å². The summed E-state index contributed by atoms with van der Waals surface area (Å²) in [5.41, 5.74) is -1.40. The number of fused-ring (bicyclic) bond motifs is 1. The number of rotatable bonds is 4. The van der Waals surface area contributed by atoms with Crippen molar-refractivity contribution < 1.29 is 34.8 Å². The highest BCUT2D eigenvalue weighted by molar-refractivity contribution is 5.37. The average molecular weight is 389 g/mol. The predicted molar refractivity (Wildman–Crippen MR) is 94.5 cm³/mol. The summed E-state index contributed by atoms with van der Waals surface area (Å²) in [4.78, 5) is 10.2. The monoisotopic (exact) mass is 389 g/mol. The second-order valence-electron chi connectivity index (χ2n) is 7.00. The quantitative estimate of drug-likeness (QED) is 0.432. The molecule has 6 unspecified atom stereocenters. The van der Waals surface area contributed by atoms with Crippen molar-refractivity contribution in [3.8, 4) is 5.75 Å². The van der Waals surface area contributed by atoms with Crippen LogP contribution < -0.4 is 4.74 Å². The minimum absolute atomic E-state index is 0.132. The van der Waals surface area contributed by atoms with Gasteiger partial charge in [0, 0.05) is 18.1 Å². The number of hydrogen-bond acceptors (Lipinski definition) is 8. The van der Waals surface area contributed by atoms with Gasteiger partial charge in [0.15, 0.2) is 0 Å². The number of nitrogens with zero attached hydrogens (tertiary/aromatic N) is 1. The molecule has 1 saturated carbocycles. The minimum Gasteiger partial charge on any atom is -0.462 e. The highest BCUT2D eigenvalue weighted by Crippen LogP contribution is 2.53. The number of aliphatic hydroxyl groups excluding tert-OH is 3. The van der Waals surface area contributed by atoms with Crippen LogP contribution in [0.15, 0.2) is 54.6 Å². The Balaban J connectivity index is 1.54. The van der Waals surface area contributed by atoms with Gasteiger partial charge in [-0.15, -0.1) is 0 Å². The molecule has 1 aliphatic heterocycles. The summed E-state index contributed by atoms with van der Waals surface area (Å²) in [5.74, 6) is -0.663. The number of benzene rings is 2. The Hall–Kier alpha value is -2.56. The molecule has 9 heteroatoms.